The van der Waals surface area contributed by atoms with Gasteiger partial charge in [-0.25, -0.2) is 0 Å². The van der Waals surface area contributed by atoms with Gasteiger partial charge in [0.1, 0.15) is 5.75 Å². The van der Waals surface area contributed by atoms with E-state index in [1.165, 1.54) is 0 Å². The Hall–Kier alpha value is -1.06. The first-order valence-corrected chi connectivity index (χ1v) is 8.98. The highest BCUT2D eigenvalue weighted by atomic mass is 28.4. The van der Waals surface area contributed by atoms with Crippen LogP contribution in [0, 0.1) is 0 Å². The van der Waals surface area contributed by atoms with Gasteiger partial charge in [0, 0.05) is 18.2 Å². The first-order chi connectivity index (χ1) is 8.71. The van der Waals surface area contributed by atoms with Gasteiger partial charge in [-0.3, -0.25) is 0 Å². The lowest BCUT2D eigenvalue weighted by atomic mass is 10.2. The van der Waals surface area contributed by atoms with Crippen molar-refractivity contribution in [3.63, 3.8) is 0 Å². The molecule has 18 heavy (non-hydrogen) atoms. The van der Waals surface area contributed by atoms with Crippen LogP contribution >= 0.6 is 0 Å². The summed E-state index contributed by atoms with van der Waals surface area (Å²) in [6, 6.07) is 10.0. The molecule has 0 aliphatic rings. The summed E-state index contributed by atoms with van der Waals surface area (Å²) in [7, 11) is -2.11. The fourth-order valence-corrected chi connectivity index (χ4v) is 4.97. The Bertz CT molecular complexity index is 371. The van der Waals surface area contributed by atoms with Crippen LogP contribution in [-0.4, -0.2) is 15.2 Å². The summed E-state index contributed by atoms with van der Waals surface area (Å²) in [4.78, 5) is 0. The minimum atomic E-state index is -2.11. The summed E-state index contributed by atoms with van der Waals surface area (Å²) in [6.45, 7) is 10.9. The highest BCUT2D eigenvalue weighted by Crippen LogP contribution is 2.27. The van der Waals surface area contributed by atoms with Crippen LogP contribution in [0.3, 0.4) is 0 Å². The van der Waals surface area contributed by atoms with Crippen LogP contribution in [0.2, 0.25) is 12.1 Å². The zero-order valence-electron chi connectivity index (χ0n) is 11.7. The number of benzene rings is 1. The summed E-state index contributed by atoms with van der Waals surface area (Å²) in [6.07, 6.45) is 2.93. The standard InChI is InChI=1S/C15H24O2Si/c1-5-13-18(8-4,16-7-3)17-15-12-10-9-11-14(15)6-2/h6,9-12H,2,5,7-8,13H2,1,3-4H3. The predicted octanol–water partition coefficient (Wildman–Crippen LogP) is 4.62. The number of hydrogen-bond donors (Lipinski definition) is 0. The molecule has 0 aliphatic carbocycles. The molecule has 0 aromatic heterocycles. The largest absolute Gasteiger partial charge is 0.520 e. The van der Waals surface area contributed by atoms with Crippen molar-refractivity contribution in [3.8, 4) is 5.75 Å². The van der Waals surface area contributed by atoms with Gasteiger partial charge in [-0.1, -0.05) is 51.1 Å². The Morgan fingerprint density at radius 2 is 1.94 bits per heavy atom. The summed E-state index contributed by atoms with van der Waals surface area (Å²) in [5, 5.41) is 0. The van der Waals surface area contributed by atoms with E-state index in [1.807, 2.05) is 37.3 Å². The Kier molecular flexibility index (Phi) is 6.16. The van der Waals surface area contributed by atoms with Crippen LogP contribution in [0.15, 0.2) is 30.8 Å². The molecule has 0 N–H and O–H groups in total. The monoisotopic (exact) mass is 264 g/mol. The maximum absolute atomic E-state index is 6.30. The quantitative estimate of drug-likeness (QED) is 0.638. The van der Waals surface area contributed by atoms with Gasteiger partial charge in [-0.15, -0.1) is 0 Å². The van der Waals surface area contributed by atoms with E-state index < -0.39 is 8.56 Å². The zero-order valence-corrected chi connectivity index (χ0v) is 12.7. The third-order valence-corrected chi connectivity index (χ3v) is 6.76. The average molecular weight is 264 g/mol. The van der Waals surface area contributed by atoms with E-state index >= 15 is 0 Å². The minimum Gasteiger partial charge on any atom is -0.520 e. The normalized spacial score (nSPS) is 13.9. The van der Waals surface area contributed by atoms with E-state index in [0.29, 0.717) is 0 Å². The molecule has 0 spiro atoms. The second kappa shape index (κ2) is 7.39. The lowest BCUT2D eigenvalue weighted by Gasteiger charge is -2.30. The maximum atomic E-state index is 6.30. The molecule has 0 saturated carbocycles. The molecule has 1 aromatic carbocycles. The maximum Gasteiger partial charge on any atom is 0.398 e. The molecule has 3 heteroatoms. The fourth-order valence-electron chi connectivity index (χ4n) is 2.09. The molecule has 1 rings (SSSR count). The number of hydrogen-bond acceptors (Lipinski definition) is 2. The van der Waals surface area contributed by atoms with Crippen molar-refractivity contribution in [1.82, 2.24) is 0 Å². The summed E-state index contributed by atoms with van der Waals surface area (Å²) in [5.41, 5.74) is 1.04. The molecular weight excluding hydrogens is 240 g/mol. The van der Waals surface area contributed by atoms with Crippen molar-refractivity contribution in [2.45, 2.75) is 39.3 Å². The van der Waals surface area contributed by atoms with Crippen molar-refractivity contribution < 1.29 is 8.85 Å². The van der Waals surface area contributed by atoms with Crippen LogP contribution in [0.5, 0.6) is 5.75 Å². The van der Waals surface area contributed by atoms with Gasteiger partial charge in [0.25, 0.3) is 0 Å². The van der Waals surface area contributed by atoms with Crippen LogP contribution in [-0.2, 0) is 4.43 Å². The molecule has 0 radical (unpaired) electrons. The molecule has 0 heterocycles. The molecular formula is C15H24O2Si. The van der Waals surface area contributed by atoms with Gasteiger partial charge in [-0.2, -0.15) is 0 Å². The molecule has 100 valence electrons. The van der Waals surface area contributed by atoms with Gasteiger partial charge >= 0.3 is 8.56 Å². The molecule has 0 fully saturated rings. The smallest absolute Gasteiger partial charge is 0.398 e. The van der Waals surface area contributed by atoms with Crippen molar-refractivity contribution in [2.75, 3.05) is 6.61 Å². The Morgan fingerprint density at radius 3 is 2.50 bits per heavy atom. The van der Waals surface area contributed by atoms with Crippen LogP contribution in [0.1, 0.15) is 32.8 Å². The van der Waals surface area contributed by atoms with Gasteiger partial charge in [0.2, 0.25) is 0 Å². The first kappa shape index (κ1) is 15.0. The van der Waals surface area contributed by atoms with Gasteiger partial charge < -0.3 is 8.85 Å². The first-order valence-electron chi connectivity index (χ1n) is 6.75. The summed E-state index contributed by atoms with van der Waals surface area (Å²) >= 11 is 0. The average Bonchev–Trinajstić information content (AvgIpc) is 2.40. The van der Waals surface area contributed by atoms with Crippen LogP contribution < -0.4 is 4.43 Å². The minimum absolute atomic E-state index is 0.719. The molecule has 0 amide bonds. The summed E-state index contributed by atoms with van der Waals surface area (Å²) in [5.74, 6) is 0.905. The number of rotatable bonds is 8. The van der Waals surface area contributed by atoms with E-state index in [4.69, 9.17) is 8.85 Å². The highest BCUT2D eigenvalue weighted by molar-refractivity contribution is 6.68. The van der Waals surface area contributed by atoms with Crippen molar-refractivity contribution in [1.29, 1.82) is 0 Å². The van der Waals surface area contributed by atoms with E-state index in [9.17, 15) is 0 Å². The molecule has 0 bridgehead atoms. The molecule has 2 nitrogen and oxygen atoms in total. The van der Waals surface area contributed by atoms with Gasteiger partial charge in [0.05, 0.1) is 0 Å². The lowest BCUT2D eigenvalue weighted by molar-refractivity contribution is 0.250. The molecule has 1 unspecified atom stereocenters. The highest BCUT2D eigenvalue weighted by Gasteiger charge is 2.36. The van der Waals surface area contributed by atoms with Crippen molar-refractivity contribution >= 4 is 14.6 Å². The fraction of sp³-hybridized carbons (Fsp3) is 0.467. The zero-order chi connectivity index (χ0) is 13.4. The van der Waals surface area contributed by atoms with E-state index in [2.05, 4.69) is 20.4 Å². The SMILES string of the molecule is C=Cc1ccccc1O[Si](CC)(CCC)OCC. The Labute approximate surface area is 112 Å². The lowest BCUT2D eigenvalue weighted by Crippen LogP contribution is -2.44. The Morgan fingerprint density at radius 1 is 1.22 bits per heavy atom. The Balaban J connectivity index is 2.97. The van der Waals surface area contributed by atoms with Crippen LogP contribution in [0.4, 0.5) is 0 Å². The van der Waals surface area contributed by atoms with Crippen molar-refractivity contribution in [3.05, 3.63) is 36.4 Å². The third kappa shape index (κ3) is 3.72. The van der Waals surface area contributed by atoms with E-state index in [-0.39, 0.29) is 0 Å². The van der Waals surface area contributed by atoms with Crippen LogP contribution in [0.25, 0.3) is 6.08 Å². The van der Waals surface area contributed by atoms with E-state index in [0.717, 1.165) is 36.4 Å². The second-order valence-electron chi connectivity index (χ2n) is 4.29. The third-order valence-electron chi connectivity index (χ3n) is 3.01. The second-order valence-corrected chi connectivity index (χ2v) is 7.81. The molecule has 1 aromatic rings. The molecule has 1 atom stereocenters. The van der Waals surface area contributed by atoms with Gasteiger partial charge in [-0.05, 0) is 19.0 Å². The number of para-hydroxylation sites is 1. The molecule has 0 aliphatic heterocycles. The van der Waals surface area contributed by atoms with Gasteiger partial charge in [0.15, 0.2) is 0 Å². The predicted molar refractivity (Wildman–Crippen MR) is 80.1 cm³/mol. The molecule has 0 saturated heterocycles. The summed E-state index contributed by atoms with van der Waals surface area (Å²) < 4.78 is 12.3. The van der Waals surface area contributed by atoms with E-state index in [1.54, 1.807) is 0 Å². The van der Waals surface area contributed by atoms with Crippen molar-refractivity contribution in [2.24, 2.45) is 0 Å². The topological polar surface area (TPSA) is 18.5 Å².